The molecule has 0 spiro atoms. The van der Waals surface area contributed by atoms with Crippen molar-refractivity contribution in [1.82, 2.24) is 4.98 Å². The minimum Gasteiger partial charge on any atom is -0.493 e. The molecule has 142 valence electrons. The Bertz CT molecular complexity index is 856. The number of anilines is 1. The lowest BCUT2D eigenvalue weighted by molar-refractivity contribution is 0.354. The van der Waals surface area contributed by atoms with Gasteiger partial charge in [0.05, 0.1) is 30.9 Å². The van der Waals surface area contributed by atoms with Crippen molar-refractivity contribution in [3.8, 4) is 11.5 Å². The summed E-state index contributed by atoms with van der Waals surface area (Å²) in [4.78, 5) is 4.13. The van der Waals surface area contributed by atoms with Crippen LogP contribution in [0.2, 0.25) is 0 Å². The highest BCUT2D eigenvalue weighted by molar-refractivity contribution is 7.92. The number of benzene rings is 1. The van der Waals surface area contributed by atoms with E-state index in [0.717, 1.165) is 11.3 Å². The quantitative estimate of drug-likeness (QED) is 0.823. The van der Waals surface area contributed by atoms with Gasteiger partial charge in [-0.15, -0.1) is 0 Å². The summed E-state index contributed by atoms with van der Waals surface area (Å²) in [6, 6.07) is 8.94. The molecule has 6 nitrogen and oxygen atoms in total. The fourth-order valence-electron chi connectivity index (χ4n) is 2.39. The number of methoxy groups -OCH3 is 2. The van der Waals surface area contributed by atoms with E-state index in [2.05, 4.69) is 10.3 Å². The van der Waals surface area contributed by atoms with Gasteiger partial charge in [-0.25, -0.2) is 13.4 Å². The standard InChI is InChI=1S/C19H26N2O4S/c1-13(14-7-9-16(24-5)17(11-14)25-6)21-15-8-10-18(20-12-15)26(22,23)19(2,3)4/h7-13,21H,1-6H3. The third-order valence-electron chi connectivity index (χ3n) is 4.11. The molecule has 0 bridgehead atoms. The zero-order valence-electron chi connectivity index (χ0n) is 16.0. The third-order valence-corrected chi connectivity index (χ3v) is 6.51. The van der Waals surface area contributed by atoms with Gasteiger partial charge in [0.25, 0.3) is 0 Å². The van der Waals surface area contributed by atoms with E-state index in [0.29, 0.717) is 11.5 Å². The summed E-state index contributed by atoms with van der Waals surface area (Å²) in [7, 11) is -0.269. The van der Waals surface area contributed by atoms with E-state index in [4.69, 9.17) is 9.47 Å². The number of aromatic nitrogens is 1. The Labute approximate surface area is 155 Å². The van der Waals surface area contributed by atoms with Crippen molar-refractivity contribution in [2.45, 2.75) is 43.5 Å². The number of nitrogens with one attached hydrogen (secondary N) is 1. The Morgan fingerprint density at radius 3 is 2.19 bits per heavy atom. The second kappa shape index (κ2) is 7.53. The monoisotopic (exact) mass is 378 g/mol. The highest BCUT2D eigenvalue weighted by atomic mass is 32.2. The van der Waals surface area contributed by atoms with Gasteiger partial charge in [0.1, 0.15) is 0 Å². The van der Waals surface area contributed by atoms with Crippen LogP contribution in [0.1, 0.15) is 39.3 Å². The van der Waals surface area contributed by atoms with Crippen LogP contribution in [0.5, 0.6) is 11.5 Å². The number of ether oxygens (including phenoxy) is 2. The molecule has 0 radical (unpaired) electrons. The van der Waals surface area contributed by atoms with Crippen LogP contribution in [0.3, 0.4) is 0 Å². The molecule has 0 saturated heterocycles. The largest absolute Gasteiger partial charge is 0.493 e. The molecule has 7 heteroatoms. The molecule has 0 saturated carbocycles. The van der Waals surface area contributed by atoms with Gasteiger partial charge in [-0.05, 0) is 57.5 Å². The Morgan fingerprint density at radius 2 is 1.69 bits per heavy atom. The average Bonchev–Trinajstić information content (AvgIpc) is 2.60. The SMILES string of the molecule is COc1ccc(C(C)Nc2ccc(S(=O)(=O)C(C)(C)C)nc2)cc1OC. The lowest BCUT2D eigenvalue weighted by Gasteiger charge is -2.20. The molecule has 0 aliphatic rings. The first-order valence-electron chi connectivity index (χ1n) is 8.29. The predicted octanol–water partition coefficient (Wildman–Crippen LogP) is 3.84. The second-order valence-electron chi connectivity index (χ2n) is 6.98. The molecular formula is C19H26N2O4S. The van der Waals surface area contributed by atoms with Crippen LogP contribution in [0.4, 0.5) is 5.69 Å². The zero-order chi connectivity index (χ0) is 19.5. The van der Waals surface area contributed by atoms with E-state index in [1.165, 1.54) is 12.3 Å². The molecular weight excluding hydrogens is 352 g/mol. The smallest absolute Gasteiger partial charge is 0.200 e. The van der Waals surface area contributed by atoms with Crippen molar-refractivity contribution in [2.24, 2.45) is 0 Å². The van der Waals surface area contributed by atoms with Crippen molar-refractivity contribution in [3.05, 3.63) is 42.1 Å². The fraction of sp³-hybridized carbons (Fsp3) is 0.421. The number of pyridine rings is 1. The summed E-state index contributed by atoms with van der Waals surface area (Å²) in [6.07, 6.45) is 1.54. The minimum atomic E-state index is -3.46. The average molecular weight is 378 g/mol. The van der Waals surface area contributed by atoms with Gasteiger partial charge in [-0.1, -0.05) is 6.07 Å². The number of sulfone groups is 1. The zero-order valence-corrected chi connectivity index (χ0v) is 16.8. The molecule has 26 heavy (non-hydrogen) atoms. The van der Waals surface area contributed by atoms with E-state index >= 15 is 0 Å². The Balaban J connectivity index is 2.19. The first-order valence-corrected chi connectivity index (χ1v) is 9.77. The molecule has 2 aromatic rings. The number of rotatable bonds is 6. The van der Waals surface area contributed by atoms with Gasteiger partial charge in [0, 0.05) is 6.04 Å². The lowest BCUT2D eigenvalue weighted by Crippen LogP contribution is -2.28. The summed E-state index contributed by atoms with van der Waals surface area (Å²) in [5.74, 6) is 1.32. The van der Waals surface area contributed by atoms with Crippen LogP contribution in [0, 0.1) is 0 Å². The number of nitrogens with zero attached hydrogens (tertiary/aromatic N) is 1. The van der Waals surface area contributed by atoms with Crippen molar-refractivity contribution in [3.63, 3.8) is 0 Å². The van der Waals surface area contributed by atoms with Crippen molar-refractivity contribution >= 4 is 15.5 Å². The summed E-state index contributed by atoms with van der Waals surface area (Å²) in [5.41, 5.74) is 1.74. The minimum absolute atomic E-state index is 0.0262. The molecule has 1 unspecified atom stereocenters. The Kier molecular flexibility index (Phi) is 5.81. The van der Waals surface area contributed by atoms with E-state index in [1.807, 2.05) is 25.1 Å². The van der Waals surface area contributed by atoms with Crippen LogP contribution in [-0.4, -0.2) is 32.4 Å². The van der Waals surface area contributed by atoms with Crippen molar-refractivity contribution < 1.29 is 17.9 Å². The molecule has 0 aliphatic heterocycles. The predicted molar refractivity (Wildman–Crippen MR) is 103 cm³/mol. The number of hydrogen-bond acceptors (Lipinski definition) is 6. The van der Waals surface area contributed by atoms with E-state index < -0.39 is 14.6 Å². The van der Waals surface area contributed by atoms with Gasteiger partial charge in [0.15, 0.2) is 26.4 Å². The van der Waals surface area contributed by atoms with Crippen molar-refractivity contribution in [1.29, 1.82) is 0 Å². The maximum Gasteiger partial charge on any atom is 0.200 e. The van der Waals surface area contributed by atoms with E-state index in [-0.39, 0.29) is 11.1 Å². The highest BCUT2D eigenvalue weighted by Gasteiger charge is 2.31. The summed E-state index contributed by atoms with van der Waals surface area (Å²) in [5, 5.41) is 3.39. The maximum atomic E-state index is 12.4. The van der Waals surface area contributed by atoms with Gasteiger partial charge < -0.3 is 14.8 Å². The van der Waals surface area contributed by atoms with Gasteiger partial charge >= 0.3 is 0 Å². The second-order valence-corrected chi connectivity index (χ2v) is 9.63. The van der Waals surface area contributed by atoms with E-state index in [9.17, 15) is 8.42 Å². The summed E-state index contributed by atoms with van der Waals surface area (Å²) in [6.45, 7) is 6.99. The third kappa shape index (κ3) is 4.09. The maximum absolute atomic E-state index is 12.4. The van der Waals surface area contributed by atoms with Gasteiger partial charge in [0.2, 0.25) is 0 Å². The Hall–Kier alpha value is -2.28. The summed E-state index contributed by atoms with van der Waals surface area (Å²) >= 11 is 0. The first-order chi connectivity index (χ1) is 12.1. The van der Waals surface area contributed by atoms with Crippen LogP contribution in [0.15, 0.2) is 41.6 Å². The van der Waals surface area contributed by atoms with Crippen LogP contribution in [-0.2, 0) is 9.84 Å². The Morgan fingerprint density at radius 1 is 1.04 bits per heavy atom. The van der Waals surface area contributed by atoms with Gasteiger partial charge in [-0.3, -0.25) is 0 Å². The van der Waals surface area contributed by atoms with E-state index in [1.54, 1.807) is 41.1 Å². The summed E-state index contributed by atoms with van der Waals surface area (Å²) < 4.78 is 34.6. The highest BCUT2D eigenvalue weighted by Crippen LogP contribution is 2.31. The topological polar surface area (TPSA) is 77.5 Å². The van der Waals surface area contributed by atoms with Crippen LogP contribution >= 0.6 is 0 Å². The molecule has 0 aliphatic carbocycles. The molecule has 1 aromatic heterocycles. The first kappa shape index (κ1) is 20.0. The normalized spacial score (nSPS) is 13.2. The molecule has 1 heterocycles. The van der Waals surface area contributed by atoms with Gasteiger partial charge in [-0.2, -0.15) is 0 Å². The molecule has 1 atom stereocenters. The molecule has 0 fully saturated rings. The van der Waals surface area contributed by atoms with Crippen LogP contribution in [0.25, 0.3) is 0 Å². The van der Waals surface area contributed by atoms with Crippen LogP contribution < -0.4 is 14.8 Å². The van der Waals surface area contributed by atoms with Crippen molar-refractivity contribution in [2.75, 3.05) is 19.5 Å². The molecule has 1 aromatic carbocycles. The number of hydrogen-bond donors (Lipinski definition) is 1. The lowest BCUT2D eigenvalue weighted by atomic mass is 10.1. The molecule has 0 amide bonds. The molecule has 2 rings (SSSR count). The fourth-order valence-corrected chi connectivity index (χ4v) is 3.46. The molecule has 1 N–H and O–H groups in total.